The first-order chi connectivity index (χ1) is 2.77. The Hall–Kier alpha value is -0.350. The lowest BCUT2D eigenvalue weighted by Crippen LogP contribution is -2.14. The second kappa shape index (κ2) is 2.87. The molecule has 0 fully saturated rings. The molecule has 0 aliphatic carbocycles. The SMILES string of the molecule is NN/C=C(\N)S. The van der Waals surface area contributed by atoms with Gasteiger partial charge in [-0.3, -0.25) is 5.84 Å². The van der Waals surface area contributed by atoms with Crippen LogP contribution in [0.25, 0.3) is 0 Å². The Balaban J connectivity index is 3.14. The molecule has 0 aromatic rings. The van der Waals surface area contributed by atoms with E-state index in [4.69, 9.17) is 11.6 Å². The maximum absolute atomic E-state index is 4.99. The van der Waals surface area contributed by atoms with Crippen molar-refractivity contribution in [3.63, 3.8) is 0 Å². The van der Waals surface area contributed by atoms with Gasteiger partial charge in [0, 0.05) is 6.20 Å². The molecule has 5 N–H and O–H groups in total. The summed E-state index contributed by atoms with van der Waals surface area (Å²) in [5.41, 5.74) is 7.19. The van der Waals surface area contributed by atoms with Crippen LogP contribution in [0.4, 0.5) is 0 Å². The van der Waals surface area contributed by atoms with Crippen molar-refractivity contribution < 1.29 is 0 Å². The van der Waals surface area contributed by atoms with Crippen LogP contribution in [0.1, 0.15) is 0 Å². The van der Waals surface area contributed by atoms with E-state index in [-0.39, 0.29) is 0 Å². The van der Waals surface area contributed by atoms with Crippen molar-refractivity contribution in [1.82, 2.24) is 5.43 Å². The lowest BCUT2D eigenvalue weighted by atomic mass is 10.9. The maximum Gasteiger partial charge on any atom is 0.0798 e. The molecule has 0 aromatic heterocycles. The summed E-state index contributed by atoms with van der Waals surface area (Å²) in [5, 5.41) is 0.373. The highest BCUT2D eigenvalue weighted by atomic mass is 32.1. The second-order valence-corrected chi connectivity index (χ2v) is 1.25. The first-order valence-corrected chi connectivity index (χ1v) is 1.83. The number of thiol groups is 1. The molecular weight excluding hydrogens is 98.1 g/mol. The third-order valence-corrected chi connectivity index (χ3v) is 0.360. The molecule has 6 heavy (non-hydrogen) atoms. The highest BCUT2D eigenvalue weighted by Crippen LogP contribution is 1.80. The van der Waals surface area contributed by atoms with Crippen molar-refractivity contribution in [2.24, 2.45) is 11.6 Å². The molecule has 0 aromatic carbocycles. The summed E-state index contributed by atoms with van der Waals surface area (Å²) in [6.07, 6.45) is 1.38. The summed E-state index contributed by atoms with van der Waals surface area (Å²) in [7, 11) is 0. The van der Waals surface area contributed by atoms with Gasteiger partial charge in [0.2, 0.25) is 0 Å². The second-order valence-electron chi connectivity index (χ2n) is 0.736. The Morgan fingerprint density at radius 1 is 1.83 bits per heavy atom. The van der Waals surface area contributed by atoms with Crippen LogP contribution in [0.5, 0.6) is 0 Å². The van der Waals surface area contributed by atoms with Crippen LogP contribution in [-0.4, -0.2) is 0 Å². The van der Waals surface area contributed by atoms with Gasteiger partial charge in [0.1, 0.15) is 0 Å². The van der Waals surface area contributed by atoms with Gasteiger partial charge in [-0.05, 0) is 0 Å². The molecule has 0 unspecified atom stereocenters. The van der Waals surface area contributed by atoms with Crippen molar-refractivity contribution in [2.75, 3.05) is 0 Å². The quantitative estimate of drug-likeness (QED) is 0.199. The van der Waals surface area contributed by atoms with E-state index in [1.54, 1.807) is 0 Å². The summed E-state index contributed by atoms with van der Waals surface area (Å²) in [6.45, 7) is 0. The van der Waals surface area contributed by atoms with E-state index in [1.807, 2.05) is 0 Å². The van der Waals surface area contributed by atoms with Crippen LogP contribution in [-0.2, 0) is 0 Å². The summed E-state index contributed by atoms with van der Waals surface area (Å²) in [4.78, 5) is 0. The number of nitrogens with one attached hydrogen (secondary N) is 1. The van der Waals surface area contributed by atoms with Gasteiger partial charge >= 0.3 is 0 Å². The molecule has 0 saturated carbocycles. The highest BCUT2D eigenvalue weighted by Gasteiger charge is 1.66. The summed E-state index contributed by atoms with van der Waals surface area (Å²) < 4.78 is 0. The fourth-order valence-electron chi connectivity index (χ4n) is 0.0854. The van der Waals surface area contributed by atoms with E-state index in [1.165, 1.54) is 6.20 Å². The van der Waals surface area contributed by atoms with E-state index in [0.29, 0.717) is 5.03 Å². The Bertz CT molecular complexity index is 55.8. The molecule has 0 saturated heterocycles. The largest absolute Gasteiger partial charge is 0.393 e. The number of hydrogen-bond acceptors (Lipinski definition) is 4. The molecule has 36 valence electrons. The molecule has 4 heteroatoms. The van der Waals surface area contributed by atoms with E-state index in [0.717, 1.165) is 0 Å². The van der Waals surface area contributed by atoms with Crippen molar-refractivity contribution >= 4 is 12.6 Å². The lowest BCUT2D eigenvalue weighted by molar-refractivity contribution is 0.960. The number of rotatable bonds is 1. The third kappa shape index (κ3) is 3.65. The van der Waals surface area contributed by atoms with Crippen LogP contribution in [0.3, 0.4) is 0 Å². The van der Waals surface area contributed by atoms with Crippen LogP contribution in [0, 0.1) is 0 Å². The summed E-state index contributed by atoms with van der Waals surface area (Å²) in [5.74, 6) is 4.77. The Morgan fingerprint density at radius 3 is 2.33 bits per heavy atom. The minimum Gasteiger partial charge on any atom is -0.393 e. The van der Waals surface area contributed by atoms with Gasteiger partial charge in [-0.15, -0.1) is 12.6 Å². The standard InChI is InChI=1S/C2H7N3S/c3-2(6)1-5-4/h1,5-6H,3-4H2/b2-1+. The predicted molar refractivity (Wildman–Crippen MR) is 28.6 cm³/mol. The Kier molecular flexibility index (Phi) is 2.70. The molecule has 0 aliphatic heterocycles. The minimum atomic E-state index is 0.373. The zero-order valence-corrected chi connectivity index (χ0v) is 4.07. The van der Waals surface area contributed by atoms with Crippen LogP contribution in [0.2, 0.25) is 0 Å². The van der Waals surface area contributed by atoms with Crippen molar-refractivity contribution in [1.29, 1.82) is 0 Å². The van der Waals surface area contributed by atoms with Crippen LogP contribution in [0.15, 0.2) is 11.2 Å². The van der Waals surface area contributed by atoms with Gasteiger partial charge in [-0.1, -0.05) is 0 Å². The van der Waals surface area contributed by atoms with Crippen molar-refractivity contribution in [3.8, 4) is 0 Å². The van der Waals surface area contributed by atoms with Gasteiger partial charge in [0.15, 0.2) is 0 Å². The number of nitrogens with two attached hydrogens (primary N) is 2. The molecule has 0 amide bonds. The third-order valence-electron chi connectivity index (χ3n) is 0.231. The first-order valence-electron chi connectivity index (χ1n) is 1.38. The molecule has 3 nitrogen and oxygen atoms in total. The summed E-state index contributed by atoms with van der Waals surface area (Å²) >= 11 is 3.67. The first kappa shape index (κ1) is 5.65. The van der Waals surface area contributed by atoms with E-state index < -0.39 is 0 Å². The fraction of sp³-hybridized carbons (Fsp3) is 0. The predicted octanol–water partition coefficient (Wildman–Crippen LogP) is -0.863. The zero-order chi connectivity index (χ0) is 4.99. The maximum atomic E-state index is 4.99. The van der Waals surface area contributed by atoms with Gasteiger partial charge < -0.3 is 11.2 Å². The van der Waals surface area contributed by atoms with Crippen LogP contribution >= 0.6 is 12.6 Å². The molecular formula is C2H7N3S. The van der Waals surface area contributed by atoms with Crippen molar-refractivity contribution in [2.45, 2.75) is 0 Å². The van der Waals surface area contributed by atoms with Gasteiger partial charge in [-0.25, -0.2) is 0 Å². The van der Waals surface area contributed by atoms with E-state index >= 15 is 0 Å². The molecule has 0 rings (SSSR count). The molecule has 0 radical (unpaired) electrons. The zero-order valence-electron chi connectivity index (χ0n) is 3.18. The van der Waals surface area contributed by atoms with E-state index in [2.05, 4.69) is 18.1 Å². The Morgan fingerprint density at radius 2 is 2.33 bits per heavy atom. The normalized spacial score (nSPS) is 11.3. The average molecular weight is 105 g/mol. The molecule has 0 atom stereocenters. The average Bonchev–Trinajstić information content (AvgIpc) is 1.35. The smallest absolute Gasteiger partial charge is 0.0798 e. The topological polar surface area (TPSA) is 64.1 Å². The molecule has 0 spiro atoms. The highest BCUT2D eigenvalue weighted by molar-refractivity contribution is 7.84. The van der Waals surface area contributed by atoms with Gasteiger partial charge in [-0.2, -0.15) is 0 Å². The van der Waals surface area contributed by atoms with Crippen molar-refractivity contribution in [3.05, 3.63) is 11.2 Å². The number of hydrogen-bond donors (Lipinski definition) is 4. The molecule has 0 heterocycles. The lowest BCUT2D eigenvalue weighted by Gasteiger charge is -1.84. The molecule has 0 bridgehead atoms. The molecule has 0 aliphatic rings. The number of hydrazine groups is 1. The van der Waals surface area contributed by atoms with Crippen LogP contribution < -0.4 is 17.0 Å². The summed E-state index contributed by atoms with van der Waals surface area (Å²) in [6, 6.07) is 0. The van der Waals surface area contributed by atoms with Gasteiger partial charge in [0.05, 0.1) is 5.03 Å². The van der Waals surface area contributed by atoms with E-state index in [9.17, 15) is 0 Å². The Labute approximate surface area is 41.8 Å². The van der Waals surface area contributed by atoms with Gasteiger partial charge in [0.25, 0.3) is 0 Å². The minimum absolute atomic E-state index is 0.373. The fourth-order valence-corrected chi connectivity index (χ4v) is 0.160. The monoisotopic (exact) mass is 105 g/mol.